The molecular formula is C22H11Cl4NO2S2. The van der Waals surface area contributed by atoms with E-state index in [2.05, 4.69) is 0 Å². The lowest BCUT2D eigenvalue weighted by Gasteiger charge is -2.17. The van der Waals surface area contributed by atoms with E-state index in [0.717, 1.165) is 14.7 Å². The fourth-order valence-corrected chi connectivity index (χ4v) is 5.39. The molecule has 0 aromatic heterocycles. The van der Waals surface area contributed by atoms with Gasteiger partial charge in [0.15, 0.2) is 0 Å². The molecule has 0 saturated carbocycles. The van der Waals surface area contributed by atoms with E-state index in [4.69, 9.17) is 46.4 Å². The smallest absolute Gasteiger partial charge is 0.268 e. The van der Waals surface area contributed by atoms with Crippen molar-refractivity contribution in [3.05, 3.63) is 96.6 Å². The Morgan fingerprint density at radius 2 is 1.00 bits per heavy atom. The molecule has 0 saturated heterocycles. The number of carbonyl (C=O) groups is 2. The number of carbonyl (C=O) groups excluding carboxylic acids is 2. The van der Waals surface area contributed by atoms with Gasteiger partial charge in [0.05, 0.1) is 20.5 Å². The van der Waals surface area contributed by atoms with Crippen LogP contribution in [0.3, 0.4) is 0 Å². The molecule has 156 valence electrons. The average molecular weight is 527 g/mol. The van der Waals surface area contributed by atoms with Gasteiger partial charge >= 0.3 is 0 Å². The van der Waals surface area contributed by atoms with Gasteiger partial charge in [-0.2, -0.15) is 0 Å². The van der Waals surface area contributed by atoms with Crippen LogP contribution in [0.4, 0.5) is 5.69 Å². The van der Waals surface area contributed by atoms with Crippen molar-refractivity contribution < 1.29 is 9.59 Å². The summed E-state index contributed by atoms with van der Waals surface area (Å²) in [6.07, 6.45) is 0. The maximum atomic E-state index is 13.4. The number of thioether (sulfide) groups is 2. The SMILES string of the molecule is O=C1C(Sc2ccc(Cl)cc2)=C(Sc2ccc(Cl)cc2)C(=O)N1c1cc(Cl)ccc1Cl. The summed E-state index contributed by atoms with van der Waals surface area (Å²) >= 11 is 26.7. The van der Waals surface area contributed by atoms with E-state index >= 15 is 0 Å². The Bertz CT molecular complexity index is 1140. The van der Waals surface area contributed by atoms with Gasteiger partial charge in [-0.15, -0.1) is 0 Å². The first-order valence-electron chi connectivity index (χ1n) is 8.78. The number of imide groups is 1. The predicted molar refractivity (Wildman–Crippen MR) is 131 cm³/mol. The van der Waals surface area contributed by atoms with Gasteiger partial charge in [-0.25, -0.2) is 4.90 Å². The molecule has 0 unspecified atom stereocenters. The van der Waals surface area contributed by atoms with Crippen LogP contribution in [-0.4, -0.2) is 11.8 Å². The second-order valence-electron chi connectivity index (χ2n) is 6.31. The lowest BCUT2D eigenvalue weighted by molar-refractivity contribution is -0.120. The van der Waals surface area contributed by atoms with Crippen LogP contribution in [-0.2, 0) is 9.59 Å². The maximum Gasteiger partial charge on any atom is 0.273 e. The van der Waals surface area contributed by atoms with Gasteiger partial charge in [0.2, 0.25) is 0 Å². The van der Waals surface area contributed by atoms with Crippen molar-refractivity contribution in [2.75, 3.05) is 4.90 Å². The van der Waals surface area contributed by atoms with Crippen LogP contribution in [0.5, 0.6) is 0 Å². The van der Waals surface area contributed by atoms with Crippen molar-refractivity contribution >= 4 is 87.4 Å². The number of halogens is 4. The number of rotatable bonds is 5. The highest BCUT2D eigenvalue weighted by Gasteiger charge is 2.41. The summed E-state index contributed by atoms with van der Waals surface area (Å²) in [7, 11) is 0. The second-order valence-corrected chi connectivity index (χ2v) is 10.2. The lowest BCUT2D eigenvalue weighted by atomic mass is 10.3. The molecule has 1 aliphatic rings. The molecule has 0 fully saturated rings. The molecule has 3 aromatic carbocycles. The first-order chi connectivity index (χ1) is 14.8. The minimum atomic E-state index is -0.467. The van der Waals surface area contributed by atoms with Crippen molar-refractivity contribution in [2.24, 2.45) is 0 Å². The fourth-order valence-electron chi connectivity index (χ4n) is 2.79. The highest BCUT2D eigenvalue weighted by molar-refractivity contribution is 8.08. The van der Waals surface area contributed by atoms with E-state index in [1.54, 1.807) is 60.7 Å². The molecule has 1 aliphatic heterocycles. The molecule has 3 nitrogen and oxygen atoms in total. The standard InChI is InChI=1S/C22H11Cl4NO2S2/c23-12-1-6-15(7-2-12)30-19-20(31-16-8-3-13(24)4-9-16)22(29)27(21(19)28)18-11-14(25)5-10-17(18)26/h1-11H. The van der Waals surface area contributed by atoms with Crippen LogP contribution in [0.1, 0.15) is 0 Å². The molecule has 31 heavy (non-hydrogen) atoms. The van der Waals surface area contributed by atoms with Crippen LogP contribution in [0.2, 0.25) is 20.1 Å². The van der Waals surface area contributed by atoms with Crippen molar-refractivity contribution in [2.45, 2.75) is 9.79 Å². The molecule has 0 aliphatic carbocycles. The van der Waals surface area contributed by atoms with Crippen molar-refractivity contribution in [3.63, 3.8) is 0 Å². The Labute approximate surface area is 207 Å². The molecular weight excluding hydrogens is 516 g/mol. The minimum Gasteiger partial charge on any atom is -0.268 e. The minimum absolute atomic E-state index is 0.241. The van der Waals surface area contributed by atoms with Gasteiger partial charge < -0.3 is 0 Å². The summed E-state index contributed by atoms with van der Waals surface area (Å²) in [5, 5.41) is 1.77. The number of amides is 2. The van der Waals surface area contributed by atoms with Crippen LogP contribution >= 0.6 is 69.9 Å². The fraction of sp³-hybridized carbons (Fsp3) is 0. The van der Waals surface area contributed by atoms with E-state index in [9.17, 15) is 9.59 Å². The molecule has 0 atom stereocenters. The first-order valence-corrected chi connectivity index (χ1v) is 11.9. The van der Waals surface area contributed by atoms with Gasteiger partial charge in [-0.1, -0.05) is 69.9 Å². The number of hydrogen-bond acceptors (Lipinski definition) is 4. The van der Waals surface area contributed by atoms with E-state index in [-0.39, 0.29) is 10.7 Å². The molecule has 2 amide bonds. The van der Waals surface area contributed by atoms with Crippen LogP contribution in [0, 0.1) is 0 Å². The first kappa shape index (κ1) is 22.6. The van der Waals surface area contributed by atoms with Gasteiger partial charge in [0.25, 0.3) is 11.8 Å². The third-order valence-corrected chi connectivity index (χ3v) is 7.59. The normalized spacial score (nSPS) is 14.0. The topological polar surface area (TPSA) is 37.4 Å². The second kappa shape index (κ2) is 9.49. The Morgan fingerprint density at radius 3 is 1.45 bits per heavy atom. The van der Waals surface area contributed by atoms with Crippen molar-refractivity contribution in [1.29, 1.82) is 0 Å². The van der Waals surface area contributed by atoms with Gasteiger partial charge in [0.1, 0.15) is 0 Å². The summed E-state index contributed by atoms with van der Waals surface area (Å²) in [5.74, 6) is -0.934. The monoisotopic (exact) mass is 525 g/mol. The zero-order valence-electron chi connectivity index (χ0n) is 15.4. The van der Waals surface area contributed by atoms with E-state index in [1.165, 1.54) is 29.6 Å². The summed E-state index contributed by atoms with van der Waals surface area (Å²) in [4.78, 5) is 29.9. The lowest BCUT2D eigenvalue weighted by Crippen LogP contribution is -2.31. The predicted octanol–water partition coefficient (Wildman–Crippen LogP) is 7.97. The van der Waals surface area contributed by atoms with Crippen LogP contribution in [0.15, 0.2) is 86.3 Å². The van der Waals surface area contributed by atoms with Gasteiger partial charge in [-0.05, 0) is 66.7 Å². The summed E-state index contributed by atoms with van der Waals surface area (Å²) in [5.41, 5.74) is 0.241. The van der Waals surface area contributed by atoms with Crippen molar-refractivity contribution in [1.82, 2.24) is 0 Å². The van der Waals surface area contributed by atoms with E-state index in [1.807, 2.05) is 0 Å². The van der Waals surface area contributed by atoms with E-state index < -0.39 is 11.8 Å². The Balaban J connectivity index is 1.77. The Morgan fingerprint density at radius 1 is 0.581 bits per heavy atom. The molecule has 0 radical (unpaired) electrons. The van der Waals surface area contributed by atoms with Gasteiger partial charge in [0, 0.05) is 24.9 Å². The number of benzene rings is 3. The molecule has 9 heteroatoms. The van der Waals surface area contributed by atoms with Crippen molar-refractivity contribution in [3.8, 4) is 0 Å². The maximum absolute atomic E-state index is 13.4. The van der Waals surface area contributed by atoms with Crippen LogP contribution < -0.4 is 4.90 Å². The number of hydrogen-bond donors (Lipinski definition) is 0. The Hall–Kier alpha value is -1.60. The van der Waals surface area contributed by atoms with E-state index in [0.29, 0.717) is 24.9 Å². The molecule has 0 spiro atoms. The average Bonchev–Trinajstić information content (AvgIpc) is 2.97. The summed E-state index contributed by atoms with van der Waals surface area (Å²) in [6.45, 7) is 0. The summed E-state index contributed by atoms with van der Waals surface area (Å²) < 4.78 is 0. The molecule has 1 heterocycles. The quantitative estimate of drug-likeness (QED) is 0.316. The largest absolute Gasteiger partial charge is 0.273 e. The Kier molecular flexibility index (Phi) is 6.92. The van der Waals surface area contributed by atoms with Crippen LogP contribution in [0.25, 0.3) is 0 Å². The zero-order valence-corrected chi connectivity index (χ0v) is 20.1. The third kappa shape index (κ3) is 4.92. The third-order valence-electron chi connectivity index (χ3n) is 4.22. The number of nitrogens with zero attached hydrogens (tertiary/aromatic N) is 1. The summed E-state index contributed by atoms with van der Waals surface area (Å²) in [6, 6.07) is 18.7. The number of anilines is 1. The zero-order chi connectivity index (χ0) is 22.1. The molecule has 0 N–H and O–H groups in total. The van der Waals surface area contributed by atoms with Gasteiger partial charge in [-0.3, -0.25) is 9.59 Å². The highest BCUT2D eigenvalue weighted by atomic mass is 35.5. The molecule has 3 aromatic rings. The molecule has 4 rings (SSSR count). The molecule has 0 bridgehead atoms. The highest BCUT2D eigenvalue weighted by Crippen LogP contribution is 2.45.